The first-order valence-electron chi connectivity index (χ1n) is 10.5. The van der Waals surface area contributed by atoms with Crippen molar-refractivity contribution in [3.8, 4) is 17.2 Å². The number of anilines is 2. The Kier molecular flexibility index (Phi) is 8.71. The largest absolute Gasteiger partial charge is 0.492 e. The summed E-state index contributed by atoms with van der Waals surface area (Å²) in [7, 11) is 0. The Labute approximate surface area is 201 Å². The monoisotopic (exact) mass is 512 g/mol. The topological polar surface area (TPSA) is 85.9 Å². The zero-order valence-corrected chi connectivity index (χ0v) is 20.0. The van der Waals surface area contributed by atoms with E-state index in [2.05, 4.69) is 26.6 Å². The van der Waals surface area contributed by atoms with Crippen LogP contribution < -0.4 is 24.8 Å². The fourth-order valence-electron chi connectivity index (χ4n) is 2.98. The standard InChI is InChI=1S/C25H25BrN2O5/c1-3-31-22-15-21(28-25(30)17-9-6-5-7-10-17)23(32-4-2)14-20(22)27-24(29)16-33-19-12-8-11-18(26)13-19/h5-15H,3-4,16H2,1-2H3,(H,27,29)(H,28,30). The number of carbonyl (C=O) groups is 2. The maximum absolute atomic E-state index is 12.6. The molecule has 0 bridgehead atoms. The Balaban J connectivity index is 1.79. The highest BCUT2D eigenvalue weighted by Crippen LogP contribution is 2.37. The normalized spacial score (nSPS) is 10.3. The zero-order chi connectivity index (χ0) is 23.6. The number of benzene rings is 3. The third-order valence-corrected chi connectivity index (χ3v) is 4.90. The lowest BCUT2D eigenvalue weighted by molar-refractivity contribution is -0.118. The quantitative estimate of drug-likeness (QED) is 0.373. The third kappa shape index (κ3) is 6.98. The molecule has 8 heteroatoms. The Morgan fingerprint density at radius 2 is 1.42 bits per heavy atom. The Morgan fingerprint density at radius 3 is 2.03 bits per heavy atom. The van der Waals surface area contributed by atoms with Crippen LogP contribution in [0.1, 0.15) is 24.2 Å². The van der Waals surface area contributed by atoms with Gasteiger partial charge in [-0.1, -0.05) is 40.2 Å². The molecule has 7 nitrogen and oxygen atoms in total. The maximum Gasteiger partial charge on any atom is 0.262 e. The molecule has 3 aromatic carbocycles. The van der Waals surface area contributed by atoms with E-state index in [1.54, 1.807) is 48.5 Å². The number of hydrogen-bond donors (Lipinski definition) is 2. The van der Waals surface area contributed by atoms with E-state index in [9.17, 15) is 9.59 Å². The van der Waals surface area contributed by atoms with E-state index in [0.717, 1.165) is 4.47 Å². The van der Waals surface area contributed by atoms with Crippen molar-refractivity contribution in [2.24, 2.45) is 0 Å². The van der Waals surface area contributed by atoms with Crippen LogP contribution in [-0.2, 0) is 4.79 Å². The maximum atomic E-state index is 12.6. The molecule has 3 rings (SSSR count). The van der Waals surface area contributed by atoms with E-state index in [1.165, 1.54) is 0 Å². The lowest BCUT2D eigenvalue weighted by Crippen LogP contribution is -2.21. The van der Waals surface area contributed by atoms with Gasteiger partial charge >= 0.3 is 0 Å². The summed E-state index contributed by atoms with van der Waals surface area (Å²) < 4.78 is 17.8. The molecule has 0 radical (unpaired) electrons. The van der Waals surface area contributed by atoms with Gasteiger partial charge in [-0.25, -0.2) is 0 Å². The van der Waals surface area contributed by atoms with E-state index >= 15 is 0 Å². The molecule has 0 fully saturated rings. The van der Waals surface area contributed by atoms with Crippen LogP contribution in [0.25, 0.3) is 0 Å². The van der Waals surface area contributed by atoms with Gasteiger partial charge in [0, 0.05) is 22.2 Å². The van der Waals surface area contributed by atoms with Gasteiger partial charge in [0.2, 0.25) is 0 Å². The molecule has 33 heavy (non-hydrogen) atoms. The van der Waals surface area contributed by atoms with Crippen molar-refractivity contribution in [3.05, 3.63) is 76.8 Å². The Bertz CT molecular complexity index is 1110. The second kappa shape index (κ2) is 11.9. The second-order valence-electron chi connectivity index (χ2n) is 6.82. The fraction of sp³-hybridized carbons (Fsp3) is 0.200. The van der Waals surface area contributed by atoms with Crippen LogP contribution in [0, 0.1) is 0 Å². The lowest BCUT2D eigenvalue weighted by atomic mass is 10.2. The molecule has 0 aliphatic rings. The van der Waals surface area contributed by atoms with Gasteiger partial charge in [0.05, 0.1) is 24.6 Å². The summed E-state index contributed by atoms with van der Waals surface area (Å²) in [5.41, 5.74) is 1.37. The first kappa shape index (κ1) is 24.1. The molecule has 0 aliphatic heterocycles. The number of hydrogen-bond acceptors (Lipinski definition) is 5. The van der Waals surface area contributed by atoms with Gasteiger partial charge in [0.25, 0.3) is 11.8 Å². The Hall–Kier alpha value is -3.52. The van der Waals surface area contributed by atoms with Crippen LogP contribution in [0.5, 0.6) is 17.2 Å². The van der Waals surface area contributed by atoms with E-state index in [1.807, 2.05) is 32.0 Å². The molecule has 0 aliphatic carbocycles. The number of nitrogens with one attached hydrogen (secondary N) is 2. The highest BCUT2D eigenvalue weighted by Gasteiger charge is 2.17. The molecule has 3 aromatic rings. The fourth-order valence-corrected chi connectivity index (χ4v) is 3.36. The van der Waals surface area contributed by atoms with Gasteiger partial charge in [-0.05, 0) is 44.2 Å². The summed E-state index contributed by atoms with van der Waals surface area (Å²) in [5.74, 6) is 0.741. The molecular formula is C25H25BrN2O5. The summed E-state index contributed by atoms with van der Waals surface area (Å²) >= 11 is 3.37. The van der Waals surface area contributed by atoms with Gasteiger partial charge < -0.3 is 24.8 Å². The molecule has 0 saturated carbocycles. The molecule has 172 valence electrons. The van der Waals surface area contributed by atoms with Crippen LogP contribution in [0.15, 0.2) is 71.2 Å². The van der Waals surface area contributed by atoms with Crippen LogP contribution >= 0.6 is 15.9 Å². The number of amides is 2. The smallest absolute Gasteiger partial charge is 0.262 e. The first-order chi connectivity index (χ1) is 16.0. The van der Waals surface area contributed by atoms with Crippen molar-refractivity contribution in [3.63, 3.8) is 0 Å². The van der Waals surface area contributed by atoms with Crippen molar-refractivity contribution in [2.75, 3.05) is 30.5 Å². The average Bonchev–Trinajstić information content (AvgIpc) is 2.81. The van der Waals surface area contributed by atoms with Crippen molar-refractivity contribution < 1.29 is 23.8 Å². The SMILES string of the molecule is CCOc1cc(NC(=O)c2ccccc2)c(OCC)cc1NC(=O)COc1cccc(Br)c1. The van der Waals surface area contributed by atoms with Crippen molar-refractivity contribution in [1.29, 1.82) is 0 Å². The van der Waals surface area contributed by atoms with E-state index in [4.69, 9.17) is 14.2 Å². The van der Waals surface area contributed by atoms with Crippen molar-refractivity contribution in [2.45, 2.75) is 13.8 Å². The van der Waals surface area contributed by atoms with Crippen LogP contribution in [0.4, 0.5) is 11.4 Å². The predicted octanol–water partition coefficient (Wildman–Crippen LogP) is 5.52. The molecule has 0 spiro atoms. The molecule has 2 amide bonds. The minimum absolute atomic E-state index is 0.182. The lowest BCUT2D eigenvalue weighted by Gasteiger charge is -2.18. The van der Waals surface area contributed by atoms with Crippen LogP contribution in [0.2, 0.25) is 0 Å². The average molecular weight is 513 g/mol. The molecule has 0 unspecified atom stereocenters. The number of ether oxygens (including phenoxy) is 3. The number of rotatable bonds is 10. The molecule has 2 N–H and O–H groups in total. The van der Waals surface area contributed by atoms with E-state index in [0.29, 0.717) is 47.4 Å². The number of carbonyl (C=O) groups excluding carboxylic acids is 2. The summed E-state index contributed by atoms with van der Waals surface area (Å²) in [6.07, 6.45) is 0. The van der Waals surface area contributed by atoms with Crippen molar-refractivity contribution in [1.82, 2.24) is 0 Å². The highest BCUT2D eigenvalue weighted by atomic mass is 79.9. The molecule has 0 aromatic heterocycles. The van der Waals surface area contributed by atoms with Gasteiger partial charge in [-0.3, -0.25) is 9.59 Å². The number of halogens is 1. The van der Waals surface area contributed by atoms with Crippen molar-refractivity contribution >= 4 is 39.1 Å². The molecule has 0 atom stereocenters. The van der Waals surface area contributed by atoms with E-state index < -0.39 is 0 Å². The van der Waals surface area contributed by atoms with Crippen LogP contribution in [-0.4, -0.2) is 31.6 Å². The minimum atomic E-state index is -0.362. The van der Waals surface area contributed by atoms with Gasteiger partial charge in [-0.2, -0.15) is 0 Å². The Morgan fingerprint density at radius 1 is 0.788 bits per heavy atom. The summed E-state index contributed by atoms with van der Waals surface area (Å²) in [6, 6.07) is 19.4. The van der Waals surface area contributed by atoms with Gasteiger partial charge in [-0.15, -0.1) is 0 Å². The second-order valence-corrected chi connectivity index (χ2v) is 7.74. The highest BCUT2D eigenvalue weighted by molar-refractivity contribution is 9.10. The van der Waals surface area contributed by atoms with Gasteiger partial charge in [0.1, 0.15) is 17.2 Å². The summed E-state index contributed by atoms with van der Waals surface area (Å²) in [4.78, 5) is 25.2. The van der Waals surface area contributed by atoms with E-state index in [-0.39, 0.29) is 18.4 Å². The third-order valence-electron chi connectivity index (χ3n) is 4.41. The summed E-state index contributed by atoms with van der Waals surface area (Å²) in [6.45, 7) is 4.24. The summed E-state index contributed by atoms with van der Waals surface area (Å²) in [5, 5.41) is 5.66. The van der Waals surface area contributed by atoms with Crippen LogP contribution in [0.3, 0.4) is 0 Å². The zero-order valence-electron chi connectivity index (χ0n) is 18.4. The molecule has 0 heterocycles. The van der Waals surface area contributed by atoms with Gasteiger partial charge in [0.15, 0.2) is 6.61 Å². The molecular weight excluding hydrogens is 488 g/mol. The molecule has 0 saturated heterocycles. The first-order valence-corrected chi connectivity index (χ1v) is 11.3. The minimum Gasteiger partial charge on any atom is -0.492 e. The predicted molar refractivity (Wildman–Crippen MR) is 131 cm³/mol.